The molecule has 0 aliphatic carbocycles. The molecule has 2 atom stereocenters. The summed E-state index contributed by atoms with van der Waals surface area (Å²) in [5.74, 6) is 3.07. The Morgan fingerprint density at radius 2 is 1.89 bits per heavy atom. The topological polar surface area (TPSA) is 50.3 Å². The zero-order valence-corrected chi connectivity index (χ0v) is 12.5. The molecular formula is C14H24N4O. The minimum absolute atomic E-state index is 0.235. The van der Waals surface area contributed by atoms with Crippen LogP contribution >= 0.6 is 0 Å². The lowest BCUT2D eigenvalue weighted by Crippen LogP contribution is -2.46. The van der Waals surface area contributed by atoms with Gasteiger partial charge in [0.05, 0.1) is 12.2 Å². The van der Waals surface area contributed by atoms with Gasteiger partial charge in [-0.2, -0.15) is 0 Å². The molecule has 1 saturated heterocycles. The van der Waals surface area contributed by atoms with Gasteiger partial charge in [0, 0.05) is 32.1 Å². The zero-order valence-electron chi connectivity index (χ0n) is 12.5. The van der Waals surface area contributed by atoms with Crippen molar-refractivity contribution in [3.8, 4) is 0 Å². The molecule has 1 aromatic heterocycles. The first kappa shape index (κ1) is 14.1. The van der Waals surface area contributed by atoms with Crippen LogP contribution in [-0.4, -0.2) is 42.3 Å². The summed E-state index contributed by atoms with van der Waals surface area (Å²) in [7, 11) is 1.89. The maximum absolute atomic E-state index is 5.77. The summed E-state index contributed by atoms with van der Waals surface area (Å²) >= 11 is 0. The van der Waals surface area contributed by atoms with E-state index in [0.717, 1.165) is 30.5 Å². The maximum Gasteiger partial charge on any atom is 0.135 e. The minimum Gasteiger partial charge on any atom is -0.373 e. The average molecular weight is 264 g/mol. The fourth-order valence-corrected chi connectivity index (χ4v) is 2.37. The van der Waals surface area contributed by atoms with Gasteiger partial charge in [-0.1, -0.05) is 13.8 Å². The third kappa shape index (κ3) is 3.35. The number of nitrogens with one attached hydrogen (secondary N) is 1. The number of rotatable bonds is 3. The van der Waals surface area contributed by atoms with E-state index in [-0.39, 0.29) is 12.2 Å². The number of aromatic nitrogens is 2. The molecule has 19 heavy (non-hydrogen) atoms. The summed E-state index contributed by atoms with van der Waals surface area (Å²) in [5, 5.41) is 3.12. The molecule has 0 amide bonds. The molecule has 0 spiro atoms. The van der Waals surface area contributed by atoms with Crippen LogP contribution in [0.3, 0.4) is 0 Å². The van der Waals surface area contributed by atoms with Gasteiger partial charge in [-0.25, -0.2) is 9.97 Å². The highest BCUT2D eigenvalue weighted by Gasteiger charge is 2.24. The lowest BCUT2D eigenvalue weighted by Gasteiger charge is -2.36. The van der Waals surface area contributed by atoms with Crippen LogP contribution in [-0.2, 0) is 4.74 Å². The Bertz CT molecular complexity index is 425. The van der Waals surface area contributed by atoms with Gasteiger partial charge in [0.2, 0.25) is 0 Å². The lowest BCUT2D eigenvalue weighted by atomic mass is 10.2. The summed E-state index contributed by atoms with van der Waals surface area (Å²) in [6.45, 7) is 10.2. The fourth-order valence-electron chi connectivity index (χ4n) is 2.37. The lowest BCUT2D eigenvalue weighted by molar-refractivity contribution is -0.00547. The zero-order chi connectivity index (χ0) is 14.0. The van der Waals surface area contributed by atoms with Crippen LogP contribution in [0.25, 0.3) is 0 Å². The molecule has 0 bridgehead atoms. The van der Waals surface area contributed by atoms with Crippen LogP contribution in [0.5, 0.6) is 0 Å². The minimum atomic E-state index is 0.235. The van der Waals surface area contributed by atoms with Crippen LogP contribution in [0, 0.1) is 0 Å². The molecule has 0 radical (unpaired) electrons. The summed E-state index contributed by atoms with van der Waals surface area (Å²) in [4.78, 5) is 11.5. The van der Waals surface area contributed by atoms with Crippen molar-refractivity contribution in [1.82, 2.24) is 9.97 Å². The third-order valence-corrected chi connectivity index (χ3v) is 3.25. The Labute approximate surface area is 115 Å². The molecule has 1 aromatic rings. The molecule has 0 unspecified atom stereocenters. The molecular weight excluding hydrogens is 240 g/mol. The number of hydrogen-bond donors (Lipinski definition) is 1. The molecule has 1 fully saturated rings. The molecule has 2 heterocycles. The average Bonchev–Trinajstić information content (AvgIpc) is 2.37. The Morgan fingerprint density at radius 1 is 1.26 bits per heavy atom. The summed E-state index contributed by atoms with van der Waals surface area (Å²) in [5.41, 5.74) is 0. The molecule has 5 nitrogen and oxygen atoms in total. The van der Waals surface area contributed by atoms with Gasteiger partial charge < -0.3 is 15.0 Å². The largest absolute Gasteiger partial charge is 0.373 e. The molecule has 0 saturated carbocycles. The van der Waals surface area contributed by atoms with Crippen LogP contribution in [0.4, 0.5) is 11.6 Å². The summed E-state index contributed by atoms with van der Waals surface area (Å²) < 4.78 is 5.77. The van der Waals surface area contributed by atoms with Crippen molar-refractivity contribution in [2.75, 3.05) is 30.4 Å². The molecule has 5 heteroatoms. The predicted octanol–water partition coefficient (Wildman–Crippen LogP) is 2.26. The first-order chi connectivity index (χ1) is 8.99. The van der Waals surface area contributed by atoms with Gasteiger partial charge in [-0.3, -0.25) is 0 Å². The highest BCUT2D eigenvalue weighted by atomic mass is 16.5. The van der Waals surface area contributed by atoms with E-state index in [1.165, 1.54) is 0 Å². The van der Waals surface area contributed by atoms with Gasteiger partial charge in [-0.05, 0) is 13.8 Å². The summed E-state index contributed by atoms with van der Waals surface area (Å²) in [6.07, 6.45) is 0.471. The predicted molar refractivity (Wildman–Crippen MR) is 77.9 cm³/mol. The van der Waals surface area contributed by atoms with Gasteiger partial charge in [0.25, 0.3) is 0 Å². The van der Waals surface area contributed by atoms with E-state index in [2.05, 4.69) is 42.9 Å². The first-order valence-corrected chi connectivity index (χ1v) is 6.96. The third-order valence-electron chi connectivity index (χ3n) is 3.25. The molecule has 0 aromatic carbocycles. The molecule has 106 valence electrons. The van der Waals surface area contributed by atoms with Crippen LogP contribution < -0.4 is 10.2 Å². The summed E-state index contributed by atoms with van der Waals surface area (Å²) in [6, 6.07) is 2.01. The number of anilines is 2. The van der Waals surface area contributed by atoms with Crippen LogP contribution in [0.2, 0.25) is 0 Å². The highest BCUT2D eigenvalue weighted by molar-refractivity contribution is 5.50. The van der Waals surface area contributed by atoms with Gasteiger partial charge >= 0.3 is 0 Å². The van der Waals surface area contributed by atoms with Crippen molar-refractivity contribution < 1.29 is 4.74 Å². The Kier molecular flexibility index (Phi) is 4.24. The second-order valence-electron chi connectivity index (χ2n) is 5.54. The van der Waals surface area contributed by atoms with E-state index in [4.69, 9.17) is 9.72 Å². The molecule has 2 rings (SSSR count). The van der Waals surface area contributed by atoms with E-state index in [9.17, 15) is 0 Å². The fraction of sp³-hybridized carbons (Fsp3) is 0.714. The van der Waals surface area contributed by atoms with Crippen LogP contribution in [0.1, 0.15) is 39.4 Å². The second kappa shape index (κ2) is 5.74. The van der Waals surface area contributed by atoms with E-state index < -0.39 is 0 Å². The van der Waals surface area contributed by atoms with E-state index in [1.807, 2.05) is 13.1 Å². The second-order valence-corrected chi connectivity index (χ2v) is 5.54. The Hall–Kier alpha value is -1.36. The SMILES string of the molecule is CNc1cc(N2C[C@@H](C)O[C@@H](C)C2)nc(C(C)C)n1. The number of nitrogens with zero attached hydrogens (tertiary/aromatic N) is 3. The van der Waals surface area contributed by atoms with Crippen molar-refractivity contribution in [3.05, 3.63) is 11.9 Å². The Balaban J connectivity index is 2.30. The Morgan fingerprint density at radius 3 is 2.42 bits per heavy atom. The van der Waals surface area contributed by atoms with Crippen molar-refractivity contribution >= 4 is 11.6 Å². The quantitative estimate of drug-likeness (QED) is 0.907. The monoisotopic (exact) mass is 264 g/mol. The van der Waals surface area contributed by atoms with Crippen molar-refractivity contribution in [3.63, 3.8) is 0 Å². The van der Waals surface area contributed by atoms with Crippen molar-refractivity contribution in [2.45, 2.75) is 45.8 Å². The standard InChI is InChI=1S/C14H24N4O/c1-9(2)14-16-12(15-5)6-13(17-14)18-7-10(3)19-11(4)8-18/h6,9-11H,7-8H2,1-5H3,(H,15,16,17)/t10-,11+. The van der Waals surface area contributed by atoms with E-state index >= 15 is 0 Å². The van der Waals surface area contributed by atoms with Crippen molar-refractivity contribution in [2.24, 2.45) is 0 Å². The van der Waals surface area contributed by atoms with Gasteiger partial charge in [-0.15, -0.1) is 0 Å². The number of ether oxygens (including phenoxy) is 1. The molecule has 1 aliphatic rings. The van der Waals surface area contributed by atoms with Gasteiger partial charge in [0.1, 0.15) is 17.5 Å². The number of morpholine rings is 1. The van der Waals surface area contributed by atoms with E-state index in [1.54, 1.807) is 0 Å². The van der Waals surface area contributed by atoms with E-state index in [0.29, 0.717) is 5.92 Å². The van der Waals surface area contributed by atoms with Crippen LogP contribution in [0.15, 0.2) is 6.07 Å². The number of hydrogen-bond acceptors (Lipinski definition) is 5. The normalized spacial score (nSPS) is 23.8. The molecule has 1 aliphatic heterocycles. The van der Waals surface area contributed by atoms with Gasteiger partial charge in [0.15, 0.2) is 0 Å². The van der Waals surface area contributed by atoms with Crippen molar-refractivity contribution in [1.29, 1.82) is 0 Å². The smallest absolute Gasteiger partial charge is 0.135 e. The maximum atomic E-state index is 5.77. The highest BCUT2D eigenvalue weighted by Crippen LogP contribution is 2.23. The first-order valence-electron chi connectivity index (χ1n) is 6.96. The molecule has 1 N–H and O–H groups in total.